The summed E-state index contributed by atoms with van der Waals surface area (Å²) in [6, 6.07) is 7.49. The predicted octanol–water partition coefficient (Wildman–Crippen LogP) is 1.30. The number of hydrogen-bond donors (Lipinski definition) is 1. The van der Waals surface area contributed by atoms with Crippen LogP contribution < -0.4 is 5.32 Å². The number of methoxy groups -OCH3 is 1. The molecule has 6 nitrogen and oxygen atoms in total. The Balaban J connectivity index is 1.96. The van der Waals surface area contributed by atoms with Gasteiger partial charge in [-0.3, -0.25) is 4.79 Å². The van der Waals surface area contributed by atoms with Gasteiger partial charge in [0.2, 0.25) is 5.91 Å². The van der Waals surface area contributed by atoms with Gasteiger partial charge in [0.1, 0.15) is 18.7 Å². The molecular weight excluding hydrogens is 256 g/mol. The first-order chi connectivity index (χ1) is 9.72. The molecule has 0 saturated carbocycles. The van der Waals surface area contributed by atoms with E-state index in [1.807, 2.05) is 24.3 Å². The molecule has 0 radical (unpaired) electrons. The highest BCUT2D eigenvalue weighted by molar-refractivity contribution is 5.79. The molecular formula is C14H18N4O2. The van der Waals surface area contributed by atoms with Crippen LogP contribution in [0.3, 0.4) is 0 Å². The van der Waals surface area contributed by atoms with Crippen LogP contribution >= 0.6 is 0 Å². The minimum absolute atomic E-state index is 0.0947. The van der Waals surface area contributed by atoms with Crippen LogP contribution in [0.15, 0.2) is 36.9 Å². The lowest BCUT2D eigenvalue weighted by atomic mass is 10.1. The second-order valence-corrected chi connectivity index (χ2v) is 4.47. The Morgan fingerprint density at radius 3 is 2.80 bits per heavy atom. The van der Waals surface area contributed by atoms with Crippen molar-refractivity contribution in [3.8, 4) is 0 Å². The summed E-state index contributed by atoms with van der Waals surface area (Å²) in [5.74, 6) is -0.0947. The van der Waals surface area contributed by atoms with E-state index in [1.54, 1.807) is 14.0 Å². The molecule has 1 aromatic carbocycles. The number of aromatic nitrogens is 3. The van der Waals surface area contributed by atoms with E-state index < -0.39 is 0 Å². The van der Waals surface area contributed by atoms with Crippen molar-refractivity contribution in [1.82, 2.24) is 20.1 Å². The molecule has 1 N–H and O–H groups in total. The summed E-state index contributed by atoms with van der Waals surface area (Å²) in [5, 5.41) is 6.87. The molecule has 0 saturated heterocycles. The van der Waals surface area contributed by atoms with Crippen molar-refractivity contribution in [2.45, 2.75) is 26.1 Å². The first-order valence-corrected chi connectivity index (χ1v) is 6.40. The normalized spacial score (nSPS) is 12.1. The molecule has 106 valence electrons. The lowest BCUT2D eigenvalue weighted by Gasteiger charge is -2.14. The van der Waals surface area contributed by atoms with E-state index in [0.29, 0.717) is 13.2 Å². The van der Waals surface area contributed by atoms with Crippen molar-refractivity contribution >= 4 is 5.91 Å². The first kappa shape index (κ1) is 14.2. The largest absolute Gasteiger partial charge is 0.380 e. The summed E-state index contributed by atoms with van der Waals surface area (Å²) in [6.45, 7) is 2.78. The summed E-state index contributed by atoms with van der Waals surface area (Å²) in [4.78, 5) is 15.9. The van der Waals surface area contributed by atoms with Gasteiger partial charge in [-0.05, 0) is 18.1 Å². The molecule has 1 unspecified atom stereocenters. The van der Waals surface area contributed by atoms with E-state index in [0.717, 1.165) is 11.1 Å². The molecule has 0 aliphatic carbocycles. The van der Waals surface area contributed by atoms with Gasteiger partial charge in [0.15, 0.2) is 0 Å². The van der Waals surface area contributed by atoms with Crippen LogP contribution in [0, 0.1) is 0 Å². The maximum Gasteiger partial charge on any atom is 0.244 e. The van der Waals surface area contributed by atoms with Crippen molar-refractivity contribution < 1.29 is 9.53 Å². The van der Waals surface area contributed by atoms with Gasteiger partial charge in [-0.1, -0.05) is 24.3 Å². The first-order valence-electron chi connectivity index (χ1n) is 6.40. The maximum atomic E-state index is 12.1. The molecule has 0 aliphatic rings. The highest BCUT2D eigenvalue weighted by atomic mass is 16.5. The fourth-order valence-corrected chi connectivity index (χ4v) is 1.89. The highest BCUT2D eigenvalue weighted by Crippen LogP contribution is 2.10. The number of ether oxygens (including phenoxy) is 1. The summed E-state index contributed by atoms with van der Waals surface area (Å²) in [6.07, 6.45) is 2.95. The summed E-state index contributed by atoms with van der Waals surface area (Å²) >= 11 is 0. The van der Waals surface area contributed by atoms with Crippen molar-refractivity contribution in [1.29, 1.82) is 0 Å². The molecule has 20 heavy (non-hydrogen) atoms. The van der Waals surface area contributed by atoms with E-state index in [9.17, 15) is 4.79 Å². The molecule has 0 fully saturated rings. The zero-order valence-corrected chi connectivity index (χ0v) is 11.6. The van der Waals surface area contributed by atoms with Crippen molar-refractivity contribution in [2.75, 3.05) is 7.11 Å². The van der Waals surface area contributed by atoms with Gasteiger partial charge in [0.05, 0.1) is 6.61 Å². The molecule has 0 aliphatic heterocycles. The molecule has 1 aromatic heterocycles. The third-order valence-corrected chi connectivity index (χ3v) is 3.08. The van der Waals surface area contributed by atoms with Gasteiger partial charge in [-0.25, -0.2) is 9.67 Å². The van der Waals surface area contributed by atoms with Crippen LogP contribution in [-0.2, 0) is 22.7 Å². The number of benzene rings is 1. The van der Waals surface area contributed by atoms with Crippen molar-refractivity contribution in [3.05, 3.63) is 48.0 Å². The van der Waals surface area contributed by atoms with Crippen LogP contribution in [0.2, 0.25) is 0 Å². The Morgan fingerprint density at radius 2 is 2.15 bits per heavy atom. The third kappa shape index (κ3) is 3.42. The molecule has 2 aromatic rings. The van der Waals surface area contributed by atoms with Gasteiger partial charge >= 0.3 is 0 Å². The Morgan fingerprint density at radius 1 is 1.40 bits per heavy atom. The number of amides is 1. The fraction of sp³-hybridized carbons (Fsp3) is 0.357. The number of rotatable bonds is 6. The van der Waals surface area contributed by atoms with Gasteiger partial charge in [-0.2, -0.15) is 5.10 Å². The number of nitrogens with zero attached hydrogens (tertiary/aromatic N) is 3. The molecule has 0 bridgehead atoms. The average molecular weight is 274 g/mol. The summed E-state index contributed by atoms with van der Waals surface area (Å²) in [7, 11) is 1.65. The fourth-order valence-electron chi connectivity index (χ4n) is 1.89. The Kier molecular flexibility index (Phi) is 4.84. The molecule has 1 atom stereocenters. The zero-order chi connectivity index (χ0) is 14.4. The van der Waals surface area contributed by atoms with Crippen LogP contribution in [0.4, 0.5) is 0 Å². The van der Waals surface area contributed by atoms with Crippen LogP contribution in [0.25, 0.3) is 0 Å². The molecule has 1 amide bonds. The van der Waals surface area contributed by atoms with E-state index >= 15 is 0 Å². The van der Waals surface area contributed by atoms with Crippen molar-refractivity contribution in [3.63, 3.8) is 0 Å². The Hall–Kier alpha value is -2.21. The second-order valence-electron chi connectivity index (χ2n) is 4.47. The van der Waals surface area contributed by atoms with Crippen molar-refractivity contribution in [2.24, 2.45) is 0 Å². The minimum atomic E-state index is -0.382. The summed E-state index contributed by atoms with van der Waals surface area (Å²) in [5.41, 5.74) is 2.12. The maximum absolute atomic E-state index is 12.1. The van der Waals surface area contributed by atoms with Gasteiger partial charge in [0, 0.05) is 13.7 Å². The molecule has 0 spiro atoms. The molecule has 2 rings (SSSR count). The molecule has 1 heterocycles. The van der Waals surface area contributed by atoms with Crippen LogP contribution in [0.1, 0.15) is 24.1 Å². The van der Waals surface area contributed by atoms with Gasteiger partial charge in [-0.15, -0.1) is 0 Å². The lowest BCUT2D eigenvalue weighted by Crippen LogP contribution is -2.31. The van der Waals surface area contributed by atoms with Crippen LogP contribution in [0.5, 0.6) is 0 Å². The summed E-state index contributed by atoms with van der Waals surface area (Å²) < 4.78 is 6.67. The lowest BCUT2D eigenvalue weighted by molar-refractivity contribution is -0.124. The van der Waals surface area contributed by atoms with E-state index in [1.165, 1.54) is 17.3 Å². The minimum Gasteiger partial charge on any atom is -0.380 e. The Bertz CT molecular complexity index is 554. The van der Waals surface area contributed by atoms with Gasteiger partial charge < -0.3 is 10.1 Å². The van der Waals surface area contributed by atoms with E-state index in [4.69, 9.17) is 4.74 Å². The van der Waals surface area contributed by atoms with Crippen LogP contribution in [-0.4, -0.2) is 27.8 Å². The predicted molar refractivity (Wildman–Crippen MR) is 73.7 cm³/mol. The quantitative estimate of drug-likeness (QED) is 0.862. The second kappa shape index (κ2) is 6.81. The SMILES string of the molecule is COCc1ccccc1CNC(=O)C(C)n1cncn1. The van der Waals surface area contributed by atoms with E-state index in [-0.39, 0.29) is 11.9 Å². The monoisotopic (exact) mass is 274 g/mol. The number of nitrogens with one attached hydrogen (secondary N) is 1. The van der Waals surface area contributed by atoms with E-state index in [2.05, 4.69) is 15.4 Å². The zero-order valence-electron chi connectivity index (χ0n) is 11.6. The molecule has 6 heteroatoms. The average Bonchev–Trinajstić information content (AvgIpc) is 2.99. The number of carbonyl (C=O) groups excluding carboxylic acids is 1. The number of carbonyl (C=O) groups is 1. The topological polar surface area (TPSA) is 69.0 Å². The number of hydrogen-bond acceptors (Lipinski definition) is 4. The highest BCUT2D eigenvalue weighted by Gasteiger charge is 2.15. The smallest absolute Gasteiger partial charge is 0.244 e. The Labute approximate surface area is 117 Å². The third-order valence-electron chi connectivity index (χ3n) is 3.08. The standard InChI is InChI=1S/C14H18N4O2/c1-11(18-10-15-9-17-18)14(19)16-7-12-5-3-4-6-13(12)8-20-2/h3-6,9-11H,7-8H2,1-2H3,(H,16,19). The van der Waals surface area contributed by atoms with Gasteiger partial charge in [0.25, 0.3) is 0 Å².